The van der Waals surface area contributed by atoms with E-state index in [0.29, 0.717) is 23.1 Å². The average Bonchev–Trinajstić information content (AvgIpc) is 3.07. The Kier molecular flexibility index (Phi) is 6.66. The Bertz CT molecular complexity index is 1430. The van der Waals surface area contributed by atoms with Crippen molar-refractivity contribution in [2.24, 2.45) is 5.10 Å². The standard InChI is InChI=1S/C27H29BrN4O/c1-6-7-8-26-30-24-12-11-22(28)15-23(24)27(33)32(26)29-16-21-14-19(4)31(20(21)5)25-13-17(2)9-10-18(25)3/h9-16H,6-8H2,1-5H3. The third-order valence-electron chi connectivity index (χ3n) is 6.02. The number of aryl methyl sites for hydroxylation is 4. The van der Waals surface area contributed by atoms with E-state index in [1.807, 2.05) is 18.2 Å². The SMILES string of the molecule is CCCCc1nc2ccc(Br)cc2c(=O)n1N=Cc1cc(C)n(-c2cc(C)ccc2C)c1C. The van der Waals surface area contributed by atoms with Crippen molar-refractivity contribution in [2.45, 2.75) is 53.9 Å². The van der Waals surface area contributed by atoms with Crippen LogP contribution in [0.5, 0.6) is 0 Å². The van der Waals surface area contributed by atoms with Gasteiger partial charge in [0.1, 0.15) is 5.82 Å². The topological polar surface area (TPSA) is 52.2 Å². The van der Waals surface area contributed by atoms with E-state index in [1.165, 1.54) is 21.5 Å². The van der Waals surface area contributed by atoms with Crippen molar-refractivity contribution in [3.8, 4) is 5.69 Å². The van der Waals surface area contributed by atoms with Crippen LogP contribution in [0.2, 0.25) is 0 Å². The summed E-state index contributed by atoms with van der Waals surface area (Å²) >= 11 is 3.46. The molecule has 2 aromatic carbocycles. The molecule has 0 saturated heterocycles. The van der Waals surface area contributed by atoms with Crippen LogP contribution >= 0.6 is 15.9 Å². The first-order chi connectivity index (χ1) is 15.8. The minimum absolute atomic E-state index is 0.146. The molecular weight excluding hydrogens is 476 g/mol. The van der Waals surface area contributed by atoms with Gasteiger partial charge in [-0.15, -0.1) is 0 Å². The molecule has 0 aliphatic heterocycles. The van der Waals surface area contributed by atoms with Gasteiger partial charge in [-0.25, -0.2) is 4.98 Å². The zero-order valence-corrected chi connectivity index (χ0v) is 21.4. The summed E-state index contributed by atoms with van der Waals surface area (Å²) in [5.41, 5.74) is 7.36. The van der Waals surface area contributed by atoms with Gasteiger partial charge >= 0.3 is 0 Å². The third kappa shape index (κ3) is 4.58. The maximum Gasteiger partial charge on any atom is 0.282 e. The number of benzene rings is 2. The van der Waals surface area contributed by atoms with Crippen LogP contribution in [0.25, 0.3) is 16.6 Å². The summed E-state index contributed by atoms with van der Waals surface area (Å²) in [5, 5.41) is 5.20. The molecule has 6 heteroatoms. The van der Waals surface area contributed by atoms with Crippen LogP contribution in [-0.4, -0.2) is 20.4 Å². The van der Waals surface area contributed by atoms with Crippen molar-refractivity contribution in [1.29, 1.82) is 0 Å². The third-order valence-corrected chi connectivity index (χ3v) is 6.51. The molecule has 5 nitrogen and oxygen atoms in total. The van der Waals surface area contributed by atoms with Gasteiger partial charge in [-0.2, -0.15) is 9.78 Å². The molecule has 0 radical (unpaired) electrons. The lowest BCUT2D eigenvalue weighted by Crippen LogP contribution is -2.22. The number of rotatable bonds is 6. The van der Waals surface area contributed by atoms with E-state index >= 15 is 0 Å². The first-order valence-corrected chi connectivity index (χ1v) is 12.1. The molecule has 2 aromatic heterocycles. The average molecular weight is 505 g/mol. The first-order valence-electron chi connectivity index (χ1n) is 11.3. The van der Waals surface area contributed by atoms with Crippen LogP contribution < -0.4 is 5.56 Å². The highest BCUT2D eigenvalue weighted by Gasteiger charge is 2.14. The molecule has 4 rings (SSSR count). The number of unbranched alkanes of at least 4 members (excludes halogenated alkanes) is 1. The fourth-order valence-corrected chi connectivity index (χ4v) is 4.54. The van der Waals surface area contributed by atoms with Crippen molar-refractivity contribution >= 4 is 33.0 Å². The molecule has 0 unspecified atom stereocenters. The Morgan fingerprint density at radius 1 is 1.06 bits per heavy atom. The molecule has 0 fully saturated rings. The molecule has 0 saturated carbocycles. The summed E-state index contributed by atoms with van der Waals surface area (Å²) < 4.78 is 4.57. The van der Waals surface area contributed by atoms with Gasteiger partial charge in [0.25, 0.3) is 5.56 Å². The second kappa shape index (κ2) is 9.48. The monoisotopic (exact) mass is 504 g/mol. The minimum atomic E-state index is -0.146. The van der Waals surface area contributed by atoms with Gasteiger partial charge in [0.2, 0.25) is 0 Å². The lowest BCUT2D eigenvalue weighted by Gasteiger charge is -2.13. The van der Waals surface area contributed by atoms with Crippen molar-refractivity contribution in [3.05, 3.63) is 91.2 Å². The first kappa shape index (κ1) is 23.2. The predicted octanol–water partition coefficient (Wildman–Crippen LogP) is 6.41. The lowest BCUT2D eigenvalue weighted by atomic mass is 10.1. The van der Waals surface area contributed by atoms with Crippen molar-refractivity contribution < 1.29 is 0 Å². The summed E-state index contributed by atoms with van der Waals surface area (Å²) in [7, 11) is 0. The molecule has 0 spiro atoms. The lowest BCUT2D eigenvalue weighted by molar-refractivity contribution is 0.675. The Morgan fingerprint density at radius 2 is 1.85 bits per heavy atom. The number of hydrogen-bond acceptors (Lipinski definition) is 3. The normalized spacial score (nSPS) is 11.7. The van der Waals surface area contributed by atoms with Crippen LogP contribution in [0, 0.1) is 27.7 Å². The van der Waals surface area contributed by atoms with E-state index in [1.54, 1.807) is 6.21 Å². The summed E-state index contributed by atoms with van der Waals surface area (Å²) in [4.78, 5) is 18.1. The largest absolute Gasteiger partial charge is 0.318 e. The second-order valence-electron chi connectivity index (χ2n) is 8.61. The number of aromatic nitrogens is 3. The van der Waals surface area contributed by atoms with Gasteiger partial charge in [-0.05, 0) is 75.6 Å². The molecule has 33 heavy (non-hydrogen) atoms. The van der Waals surface area contributed by atoms with Gasteiger partial charge < -0.3 is 4.57 Å². The Labute approximate surface area is 202 Å². The van der Waals surface area contributed by atoms with E-state index in [-0.39, 0.29) is 5.56 Å². The second-order valence-corrected chi connectivity index (χ2v) is 9.52. The number of fused-ring (bicyclic) bond motifs is 1. The zero-order valence-electron chi connectivity index (χ0n) is 19.8. The van der Waals surface area contributed by atoms with Gasteiger partial charge in [0.15, 0.2) is 0 Å². The van der Waals surface area contributed by atoms with Gasteiger partial charge in [-0.1, -0.05) is 41.4 Å². The molecule has 0 bridgehead atoms. The number of halogens is 1. The summed E-state index contributed by atoms with van der Waals surface area (Å²) in [6.07, 6.45) is 4.46. The maximum atomic E-state index is 13.3. The van der Waals surface area contributed by atoms with E-state index in [2.05, 4.69) is 84.5 Å². The quantitative estimate of drug-likeness (QED) is 0.285. The zero-order chi connectivity index (χ0) is 23.7. The minimum Gasteiger partial charge on any atom is -0.318 e. The smallest absolute Gasteiger partial charge is 0.282 e. The Balaban J connectivity index is 1.82. The Hall–Kier alpha value is -2.99. The number of hydrogen-bond donors (Lipinski definition) is 0. The highest BCUT2D eigenvalue weighted by atomic mass is 79.9. The van der Waals surface area contributed by atoms with Crippen LogP contribution in [0.4, 0.5) is 0 Å². The summed E-state index contributed by atoms with van der Waals surface area (Å²) in [6.45, 7) is 10.5. The van der Waals surface area contributed by atoms with E-state index in [4.69, 9.17) is 4.98 Å². The fourth-order valence-electron chi connectivity index (χ4n) is 4.18. The molecule has 0 N–H and O–H groups in total. The molecule has 170 valence electrons. The van der Waals surface area contributed by atoms with Crippen LogP contribution in [0.3, 0.4) is 0 Å². The van der Waals surface area contributed by atoms with Gasteiger partial charge in [-0.3, -0.25) is 4.79 Å². The highest BCUT2D eigenvalue weighted by molar-refractivity contribution is 9.10. The van der Waals surface area contributed by atoms with Gasteiger partial charge in [0, 0.05) is 33.5 Å². The molecule has 0 amide bonds. The van der Waals surface area contributed by atoms with E-state index in [9.17, 15) is 4.79 Å². The van der Waals surface area contributed by atoms with Crippen molar-refractivity contribution in [3.63, 3.8) is 0 Å². The molecule has 4 aromatic rings. The van der Waals surface area contributed by atoms with E-state index in [0.717, 1.165) is 34.3 Å². The molecule has 0 aliphatic carbocycles. The van der Waals surface area contributed by atoms with Crippen molar-refractivity contribution in [2.75, 3.05) is 0 Å². The van der Waals surface area contributed by atoms with E-state index < -0.39 is 0 Å². The Morgan fingerprint density at radius 3 is 2.61 bits per heavy atom. The number of nitrogens with zero attached hydrogens (tertiary/aromatic N) is 4. The molecular formula is C27H29BrN4O. The van der Waals surface area contributed by atoms with Crippen LogP contribution in [0.15, 0.2) is 56.8 Å². The van der Waals surface area contributed by atoms with Crippen molar-refractivity contribution in [1.82, 2.24) is 14.2 Å². The molecule has 0 aliphatic rings. The summed E-state index contributed by atoms with van der Waals surface area (Å²) in [5.74, 6) is 0.691. The van der Waals surface area contributed by atoms with Crippen LogP contribution in [0.1, 0.15) is 53.7 Å². The predicted molar refractivity (Wildman–Crippen MR) is 140 cm³/mol. The molecule has 2 heterocycles. The maximum absolute atomic E-state index is 13.3. The highest BCUT2D eigenvalue weighted by Crippen LogP contribution is 2.24. The molecule has 0 atom stereocenters. The van der Waals surface area contributed by atoms with Crippen LogP contribution in [-0.2, 0) is 6.42 Å². The summed E-state index contributed by atoms with van der Waals surface area (Å²) in [6, 6.07) is 14.2. The fraction of sp³-hybridized carbons (Fsp3) is 0.296. The van der Waals surface area contributed by atoms with Gasteiger partial charge in [0.05, 0.1) is 17.1 Å².